The van der Waals surface area contributed by atoms with E-state index < -0.39 is 4.92 Å². The highest BCUT2D eigenvalue weighted by Crippen LogP contribution is 2.36. The number of hydrogen-bond acceptors (Lipinski definition) is 6. The summed E-state index contributed by atoms with van der Waals surface area (Å²) in [6, 6.07) is 4.42. The van der Waals surface area contributed by atoms with E-state index in [1.54, 1.807) is 6.07 Å². The van der Waals surface area contributed by atoms with E-state index in [9.17, 15) is 10.1 Å². The van der Waals surface area contributed by atoms with Gasteiger partial charge >= 0.3 is 0 Å². The van der Waals surface area contributed by atoms with Crippen molar-refractivity contribution in [3.63, 3.8) is 0 Å². The van der Waals surface area contributed by atoms with Crippen LogP contribution in [0.15, 0.2) is 27.7 Å². The zero-order valence-corrected chi connectivity index (χ0v) is 12.1. The van der Waals surface area contributed by atoms with Crippen molar-refractivity contribution in [2.45, 2.75) is 5.50 Å². The second-order valence-electron chi connectivity index (χ2n) is 2.99. The molecule has 5 nitrogen and oxygen atoms in total. The normalized spacial score (nSPS) is 22.0. The molecule has 0 saturated carbocycles. The van der Waals surface area contributed by atoms with Crippen LogP contribution < -0.4 is 4.72 Å². The summed E-state index contributed by atoms with van der Waals surface area (Å²) in [5.74, 6) is 0. The molecule has 1 atom stereocenters. The molecule has 0 radical (unpaired) electrons. The number of alkyl halides is 1. The van der Waals surface area contributed by atoms with Crippen molar-refractivity contribution in [3.8, 4) is 0 Å². The highest BCUT2D eigenvalue weighted by atomic mass is 79.9. The van der Waals surface area contributed by atoms with Crippen LogP contribution in [0.25, 0.3) is 0 Å². The molecule has 0 aromatic heterocycles. The molecule has 1 aliphatic heterocycles. The molecule has 17 heavy (non-hydrogen) atoms. The number of rotatable bonds is 2. The molecule has 1 N–H and O–H groups in total. The highest BCUT2D eigenvalue weighted by molar-refractivity contribution is 9.10. The molecule has 0 aliphatic carbocycles. The Labute approximate surface area is 118 Å². The van der Waals surface area contributed by atoms with E-state index >= 15 is 0 Å². The fraction of sp³-hybridized carbons (Fsp3) is 0.125. The van der Waals surface area contributed by atoms with Gasteiger partial charge < -0.3 is 0 Å². The van der Waals surface area contributed by atoms with Crippen molar-refractivity contribution in [1.29, 1.82) is 0 Å². The number of benzene rings is 1. The van der Waals surface area contributed by atoms with Gasteiger partial charge in [0, 0.05) is 12.1 Å². The molecule has 0 amide bonds. The van der Waals surface area contributed by atoms with Crippen LogP contribution in [0, 0.1) is 10.1 Å². The third kappa shape index (κ3) is 3.14. The van der Waals surface area contributed by atoms with Crippen LogP contribution in [0.2, 0.25) is 0 Å². The van der Waals surface area contributed by atoms with Gasteiger partial charge in [0.2, 0.25) is 0 Å². The summed E-state index contributed by atoms with van der Waals surface area (Å²) in [6.45, 7) is 0. The second-order valence-corrected chi connectivity index (χ2v) is 6.27. The minimum atomic E-state index is -0.451. The number of non-ortho nitro benzene ring substituents is 1. The first-order chi connectivity index (χ1) is 8.08. The number of halogens is 2. The van der Waals surface area contributed by atoms with Gasteiger partial charge in [0.1, 0.15) is 10.5 Å². The SMILES string of the molecule is O=[N+]([O-])c1ccc(N=C2SSNC2Cl)c(Br)c1. The van der Waals surface area contributed by atoms with E-state index in [0.29, 0.717) is 10.2 Å². The number of nitrogens with one attached hydrogen (secondary N) is 1. The molecule has 1 aromatic carbocycles. The standard InChI is InChI=1S/C8H5BrClN3O2S2/c9-5-3-4(13(14)15)1-2-6(5)11-8-7(10)12-17-16-8/h1-3,7,12H. The molecule has 90 valence electrons. The molecule has 1 unspecified atom stereocenters. The summed E-state index contributed by atoms with van der Waals surface area (Å²) >= 11 is 9.21. The van der Waals surface area contributed by atoms with Crippen LogP contribution >= 0.6 is 49.3 Å². The molecule has 9 heteroatoms. The Morgan fingerprint density at radius 3 is 2.88 bits per heavy atom. The van der Waals surface area contributed by atoms with Crippen molar-refractivity contribution in [2.75, 3.05) is 0 Å². The van der Waals surface area contributed by atoms with Gasteiger partial charge in [-0.1, -0.05) is 11.6 Å². The molecule has 1 saturated heterocycles. The lowest BCUT2D eigenvalue weighted by Crippen LogP contribution is -2.15. The predicted molar refractivity (Wildman–Crippen MR) is 75.9 cm³/mol. The van der Waals surface area contributed by atoms with Crippen molar-refractivity contribution in [3.05, 3.63) is 32.8 Å². The monoisotopic (exact) mass is 353 g/mol. The van der Waals surface area contributed by atoms with E-state index in [-0.39, 0.29) is 11.2 Å². The smallest absolute Gasteiger partial charge is 0.258 e. The second kappa shape index (κ2) is 5.57. The Balaban J connectivity index is 2.31. The Morgan fingerprint density at radius 1 is 1.59 bits per heavy atom. The maximum atomic E-state index is 10.6. The zero-order chi connectivity index (χ0) is 12.4. The highest BCUT2D eigenvalue weighted by Gasteiger charge is 2.22. The first kappa shape index (κ1) is 13.2. The van der Waals surface area contributed by atoms with Gasteiger partial charge in [-0.3, -0.25) is 10.1 Å². The van der Waals surface area contributed by atoms with E-state index in [4.69, 9.17) is 11.6 Å². The predicted octanol–water partition coefficient (Wildman–Crippen LogP) is 3.85. The third-order valence-electron chi connectivity index (χ3n) is 1.87. The van der Waals surface area contributed by atoms with Crippen molar-refractivity contribution in [1.82, 2.24) is 4.72 Å². The minimum Gasteiger partial charge on any atom is -0.258 e. The van der Waals surface area contributed by atoms with E-state index in [1.807, 2.05) is 0 Å². The molecule has 0 bridgehead atoms. The van der Waals surface area contributed by atoms with Gasteiger partial charge in [-0.25, -0.2) is 9.71 Å². The molecule has 1 heterocycles. The molecule has 1 aromatic rings. The van der Waals surface area contributed by atoms with E-state index in [1.165, 1.54) is 33.9 Å². The number of nitro benzene ring substituents is 1. The number of nitro groups is 1. The van der Waals surface area contributed by atoms with Gasteiger partial charge in [0.25, 0.3) is 5.69 Å². The molecule has 2 rings (SSSR count). The lowest BCUT2D eigenvalue weighted by Gasteiger charge is -2.01. The topological polar surface area (TPSA) is 67.5 Å². The largest absolute Gasteiger partial charge is 0.270 e. The molecule has 0 spiro atoms. The number of aliphatic imine (C=N–C) groups is 1. The van der Waals surface area contributed by atoms with Gasteiger partial charge in [0.05, 0.1) is 15.1 Å². The zero-order valence-electron chi connectivity index (χ0n) is 8.09. The third-order valence-corrected chi connectivity index (χ3v) is 5.04. The number of hydrogen-bond donors (Lipinski definition) is 1. The van der Waals surface area contributed by atoms with Crippen molar-refractivity contribution < 1.29 is 4.92 Å². The van der Waals surface area contributed by atoms with E-state index in [0.717, 1.165) is 5.04 Å². The minimum absolute atomic E-state index is 0.0230. The average molecular weight is 355 g/mol. The molecular weight excluding hydrogens is 350 g/mol. The summed E-state index contributed by atoms with van der Waals surface area (Å²) in [7, 11) is 2.84. The Bertz CT molecular complexity index is 500. The quantitative estimate of drug-likeness (QED) is 0.218. The lowest BCUT2D eigenvalue weighted by molar-refractivity contribution is -0.384. The van der Waals surface area contributed by atoms with Gasteiger partial charge in [-0.2, -0.15) is 0 Å². The van der Waals surface area contributed by atoms with Crippen LogP contribution in [0.4, 0.5) is 11.4 Å². The molecular formula is C8H5BrClN3O2S2. The van der Waals surface area contributed by atoms with E-state index in [2.05, 4.69) is 25.6 Å². The van der Waals surface area contributed by atoms with Crippen LogP contribution in [-0.2, 0) is 0 Å². The summed E-state index contributed by atoms with van der Waals surface area (Å²) in [6.07, 6.45) is 0. The lowest BCUT2D eigenvalue weighted by atomic mass is 10.3. The maximum Gasteiger partial charge on any atom is 0.270 e. The Hall–Kier alpha value is -0.280. The molecule has 1 fully saturated rings. The van der Waals surface area contributed by atoms with Gasteiger partial charge in [0.15, 0.2) is 0 Å². The van der Waals surface area contributed by atoms with Gasteiger partial charge in [-0.15, -0.1) is 0 Å². The van der Waals surface area contributed by atoms with Crippen molar-refractivity contribution >= 4 is 65.7 Å². The van der Waals surface area contributed by atoms with Crippen molar-refractivity contribution in [2.24, 2.45) is 4.99 Å². The average Bonchev–Trinajstić information content (AvgIpc) is 2.67. The summed E-state index contributed by atoms with van der Waals surface area (Å²) in [5, 5.41) is 11.3. The summed E-state index contributed by atoms with van der Waals surface area (Å²) in [4.78, 5) is 14.5. The van der Waals surface area contributed by atoms with Crippen LogP contribution in [-0.4, -0.2) is 15.5 Å². The summed E-state index contributed by atoms with van der Waals surface area (Å²) < 4.78 is 3.50. The first-order valence-electron chi connectivity index (χ1n) is 4.33. The Kier molecular flexibility index (Phi) is 4.31. The summed E-state index contributed by atoms with van der Waals surface area (Å²) in [5.41, 5.74) is 0.315. The van der Waals surface area contributed by atoms with Crippen LogP contribution in [0.5, 0.6) is 0 Å². The van der Waals surface area contributed by atoms with Gasteiger partial charge in [-0.05, 0) is 43.8 Å². The first-order valence-corrected chi connectivity index (χ1v) is 7.71. The number of nitrogens with zero attached hydrogens (tertiary/aromatic N) is 2. The van der Waals surface area contributed by atoms with Crippen LogP contribution in [0.1, 0.15) is 0 Å². The Morgan fingerprint density at radius 2 is 2.35 bits per heavy atom. The molecule has 1 aliphatic rings. The fourth-order valence-electron chi connectivity index (χ4n) is 1.10. The van der Waals surface area contributed by atoms with Crippen LogP contribution in [0.3, 0.4) is 0 Å². The fourth-order valence-corrected chi connectivity index (χ4v) is 3.96. The maximum absolute atomic E-state index is 10.6.